The number of carbonyl (C=O) groups is 1. The number of hydrogen-bond acceptors (Lipinski definition) is 3. The van der Waals surface area contributed by atoms with Gasteiger partial charge in [0.25, 0.3) is 0 Å². The Morgan fingerprint density at radius 3 is 2.41 bits per heavy atom. The van der Waals surface area contributed by atoms with Crippen molar-refractivity contribution in [2.75, 3.05) is 13.7 Å². The third kappa shape index (κ3) is 3.82. The fourth-order valence-corrected chi connectivity index (χ4v) is 2.02. The fraction of sp³-hybridized carbons (Fsp3) is 0.462. The maximum atomic E-state index is 11.8. The quantitative estimate of drug-likeness (QED) is 0.784. The van der Waals surface area contributed by atoms with Crippen LogP contribution < -0.4 is 0 Å². The van der Waals surface area contributed by atoms with Crippen LogP contribution >= 0.6 is 15.9 Å². The number of esters is 1. The van der Waals surface area contributed by atoms with Crippen molar-refractivity contribution in [1.82, 2.24) is 0 Å². The van der Waals surface area contributed by atoms with Crippen LogP contribution in [0.1, 0.15) is 25.3 Å². The SMILES string of the molecule is CCO[C@@H](C)[C@@H](C(=O)OC)c1ccc(Br)cc1. The average Bonchev–Trinajstić information content (AvgIpc) is 2.32. The van der Waals surface area contributed by atoms with Gasteiger partial charge in [0, 0.05) is 11.1 Å². The molecule has 1 aromatic rings. The minimum absolute atomic E-state index is 0.200. The lowest BCUT2D eigenvalue weighted by molar-refractivity contribution is -0.146. The number of halogens is 1. The Bertz CT molecular complexity index is 361. The van der Waals surface area contributed by atoms with Crippen molar-refractivity contribution in [2.24, 2.45) is 0 Å². The Labute approximate surface area is 110 Å². The van der Waals surface area contributed by atoms with Crippen LogP contribution in [0.5, 0.6) is 0 Å². The first kappa shape index (κ1) is 14.2. The van der Waals surface area contributed by atoms with E-state index in [-0.39, 0.29) is 18.0 Å². The van der Waals surface area contributed by atoms with E-state index >= 15 is 0 Å². The van der Waals surface area contributed by atoms with Gasteiger partial charge in [-0.1, -0.05) is 28.1 Å². The summed E-state index contributed by atoms with van der Waals surface area (Å²) in [6.45, 7) is 4.37. The van der Waals surface area contributed by atoms with Crippen molar-refractivity contribution in [3.05, 3.63) is 34.3 Å². The molecule has 2 atom stereocenters. The zero-order chi connectivity index (χ0) is 12.8. The molecule has 0 saturated carbocycles. The highest BCUT2D eigenvalue weighted by molar-refractivity contribution is 9.10. The number of methoxy groups -OCH3 is 1. The van der Waals surface area contributed by atoms with Crippen LogP contribution in [0.4, 0.5) is 0 Å². The van der Waals surface area contributed by atoms with E-state index in [1.807, 2.05) is 38.1 Å². The van der Waals surface area contributed by atoms with E-state index < -0.39 is 0 Å². The summed E-state index contributed by atoms with van der Waals surface area (Å²) in [5, 5.41) is 0. The van der Waals surface area contributed by atoms with Crippen molar-refractivity contribution >= 4 is 21.9 Å². The maximum Gasteiger partial charge on any atom is 0.315 e. The average molecular weight is 301 g/mol. The van der Waals surface area contributed by atoms with Gasteiger partial charge in [0.1, 0.15) is 5.92 Å². The molecule has 94 valence electrons. The molecule has 1 aromatic carbocycles. The Morgan fingerprint density at radius 2 is 1.94 bits per heavy atom. The van der Waals surface area contributed by atoms with E-state index in [9.17, 15) is 4.79 Å². The molecule has 0 spiro atoms. The van der Waals surface area contributed by atoms with E-state index in [2.05, 4.69) is 15.9 Å². The van der Waals surface area contributed by atoms with Gasteiger partial charge in [0.05, 0.1) is 13.2 Å². The van der Waals surface area contributed by atoms with Gasteiger partial charge in [-0.15, -0.1) is 0 Å². The van der Waals surface area contributed by atoms with E-state index in [1.54, 1.807) is 0 Å². The molecular formula is C13H17BrO3. The molecule has 4 heteroatoms. The largest absolute Gasteiger partial charge is 0.468 e. The molecular weight excluding hydrogens is 284 g/mol. The summed E-state index contributed by atoms with van der Waals surface area (Å²) < 4.78 is 11.3. The summed E-state index contributed by atoms with van der Waals surface area (Å²) in [5.41, 5.74) is 0.904. The summed E-state index contributed by atoms with van der Waals surface area (Å²) in [7, 11) is 1.40. The summed E-state index contributed by atoms with van der Waals surface area (Å²) in [6, 6.07) is 7.62. The molecule has 0 bridgehead atoms. The molecule has 17 heavy (non-hydrogen) atoms. The van der Waals surface area contributed by atoms with Gasteiger partial charge < -0.3 is 9.47 Å². The molecule has 0 amide bonds. The van der Waals surface area contributed by atoms with Gasteiger partial charge in [-0.2, -0.15) is 0 Å². The van der Waals surface area contributed by atoms with Crippen LogP contribution in [0.25, 0.3) is 0 Å². The zero-order valence-electron chi connectivity index (χ0n) is 10.3. The number of carbonyl (C=O) groups excluding carboxylic acids is 1. The van der Waals surface area contributed by atoms with Crippen molar-refractivity contribution in [3.8, 4) is 0 Å². The van der Waals surface area contributed by atoms with E-state index in [4.69, 9.17) is 9.47 Å². The lowest BCUT2D eigenvalue weighted by Crippen LogP contribution is -2.27. The number of hydrogen-bond donors (Lipinski definition) is 0. The molecule has 0 fully saturated rings. The second-order valence-electron chi connectivity index (χ2n) is 3.71. The summed E-state index contributed by atoms with van der Waals surface area (Å²) in [5.74, 6) is -0.652. The van der Waals surface area contributed by atoms with Crippen molar-refractivity contribution in [2.45, 2.75) is 25.9 Å². The van der Waals surface area contributed by atoms with Gasteiger partial charge in [0.15, 0.2) is 0 Å². The first-order valence-electron chi connectivity index (χ1n) is 5.55. The minimum Gasteiger partial charge on any atom is -0.468 e. The Kier molecular flexibility index (Phi) is 5.65. The molecule has 3 nitrogen and oxygen atoms in total. The predicted octanol–water partition coefficient (Wildman–Crippen LogP) is 3.13. The van der Waals surface area contributed by atoms with Gasteiger partial charge in [-0.3, -0.25) is 4.79 Å². The smallest absolute Gasteiger partial charge is 0.315 e. The van der Waals surface area contributed by atoms with Crippen LogP contribution in [0, 0.1) is 0 Å². The van der Waals surface area contributed by atoms with Crippen molar-refractivity contribution in [1.29, 1.82) is 0 Å². The highest BCUT2D eigenvalue weighted by Gasteiger charge is 2.28. The van der Waals surface area contributed by atoms with Gasteiger partial charge in [-0.25, -0.2) is 0 Å². The van der Waals surface area contributed by atoms with Crippen molar-refractivity contribution < 1.29 is 14.3 Å². The highest BCUT2D eigenvalue weighted by Crippen LogP contribution is 2.25. The number of rotatable bonds is 5. The molecule has 0 aromatic heterocycles. The standard InChI is InChI=1S/C13H17BrO3/c1-4-17-9(2)12(13(15)16-3)10-5-7-11(14)8-6-10/h5-9,12H,4H2,1-3H3/t9-,12+/m0/s1. The summed E-state index contributed by atoms with van der Waals surface area (Å²) in [6.07, 6.45) is -0.200. The predicted molar refractivity (Wildman–Crippen MR) is 70.0 cm³/mol. The normalized spacial score (nSPS) is 14.1. The van der Waals surface area contributed by atoms with E-state index in [1.165, 1.54) is 7.11 Å². The van der Waals surface area contributed by atoms with E-state index in [0.717, 1.165) is 10.0 Å². The Balaban J connectivity index is 2.97. The fourth-order valence-electron chi connectivity index (χ4n) is 1.75. The topological polar surface area (TPSA) is 35.5 Å². The molecule has 0 saturated heterocycles. The van der Waals surface area contributed by atoms with E-state index in [0.29, 0.717) is 6.61 Å². The molecule has 0 radical (unpaired) electrons. The third-order valence-corrected chi connectivity index (χ3v) is 3.11. The van der Waals surface area contributed by atoms with Crippen LogP contribution in [0.2, 0.25) is 0 Å². The van der Waals surface area contributed by atoms with Crippen LogP contribution in [-0.4, -0.2) is 25.8 Å². The lowest BCUT2D eigenvalue weighted by Gasteiger charge is -2.22. The first-order valence-corrected chi connectivity index (χ1v) is 6.34. The van der Waals surface area contributed by atoms with Crippen molar-refractivity contribution in [3.63, 3.8) is 0 Å². The Hall–Kier alpha value is -0.870. The van der Waals surface area contributed by atoms with Crippen LogP contribution in [0.3, 0.4) is 0 Å². The van der Waals surface area contributed by atoms with Gasteiger partial charge in [-0.05, 0) is 31.5 Å². The van der Waals surface area contributed by atoms with Gasteiger partial charge >= 0.3 is 5.97 Å². The molecule has 1 rings (SSSR count). The molecule has 0 aliphatic heterocycles. The zero-order valence-corrected chi connectivity index (χ0v) is 11.9. The Morgan fingerprint density at radius 1 is 1.35 bits per heavy atom. The number of ether oxygens (including phenoxy) is 2. The third-order valence-electron chi connectivity index (χ3n) is 2.58. The second kappa shape index (κ2) is 6.77. The monoisotopic (exact) mass is 300 g/mol. The molecule has 0 heterocycles. The van der Waals surface area contributed by atoms with Crippen LogP contribution in [-0.2, 0) is 14.3 Å². The van der Waals surface area contributed by atoms with Crippen LogP contribution in [0.15, 0.2) is 28.7 Å². The molecule has 0 N–H and O–H groups in total. The lowest BCUT2D eigenvalue weighted by atomic mass is 9.94. The molecule has 0 aliphatic rings. The number of benzene rings is 1. The maximum absolute atomic E-state index is 11.8. The molecule has 0 unspecified atom stereocenters. The minimum atomic E-state index is -0.381. The second-order valence-corrected chi connectivity index (χ2v) is 4.63. The summed E-state index contributed by atoms with van der Waals surface area (Å²) in [4.78, 5) is 11.8. The van der Waals surface area contributed by atoms with Gasteiger partial charge in [0.2, 0.25) is 0 Å². The highest BCUT2D eigenvalue weighted by atomic mass is 79.9. The summed E-state index contributed by atoms with van der Waals surface area (Å²) >= 11 is 3.37. The molecule has 0 aliphatic carbocycles. The first-order chi connectivity index (χ1) is 8.10.